The van der Waals surface area contributed by atoms with Crippen molar-refractivity contribution in [3.05, 3.63) is 23.0 Å². The fourth-order valence-electron chi connectivity index (χ4n) is 8.70. The molecule has 4 aliphatic carbocycles. The molecule has 1 aromatic carbocycles. The summed E-state index contributed by atoms with van der Waals surface area (Å²) in [6.45, 7) is 7.32. The maximum Gasteiger partial charge on any atom is 0.268 e. The Balaban J connectivity index is 1.35. The largest absolute Gasteiger partial charge is 0.397 e. The third kappa shape index (κ3) is 3.64. The van der Waals surface area contributed by atoms with E-state index in [-0.39, 0.29) is 33.6 Å². The lowest BCUT2D eigenvalue weighted by Crippen LogP contribution is -2.53. The van der Waals surface area contributed by atoms with E-state index in [9.17, 15) is 9.18 Å². The van der Waals surface area contributed by atoms with Crippen LogP contribution in [0.3, 0.4) is 0 Å². The van der Waals surface area contributed by atoms with E-state index in [4.69, 9.17) is 17.3 Å². The Bertz CT molecular complexity index is 982. The molecule has 0 spiro atoms. The summed E-state index contributed by atoms with van der Waals surface area (Å²) < 4.78 is 14.3. The number of carbonyl (C=O) groups excluding carboxylic acids is 1. The first-order valence-corrected chi connectivity index (χ1v) is 13.2. The standard InChI is InChI=1S/C27H37ClFN3O/c1-15-10-12-26(2)16(14-15)4-5-17-18-6-7-20(27(18,3)13-11-19(17)26)25(33)32-31-24-22(30)9-8-21(28)23(24)29/h8-9,15-20H,4-7,10-14,30H2,1-3H3/t15-,16?,17?,18?,19?,20+,26-,27-/m0/s1. The zero-order valence-corrected chi connectivity index (χ0v) is 20.9. The summed E-state index contributed by atoms with van der Waals surface area (Å²) in [5, 5.41) is 7.83. The molecule has 4 saturated carbocycles. The molecular formula is C27H37ClFN3O. The van der Waals surface area contributed by atoms with Crippen LogP contribution in [0, 0.1) is 52.2 Å². The van der Waals surface area contributed by atoms with Gasteiger partial charge in [0.25, 0.3) is 5.91 Å². The van der Waals surface area contributed by atoms with E-state index in [2.05, 4.69) is 31.0 Å². The van der Waals surface area contributed by atoms with Crippen LogP contribution in [0.2, 0.25) is 5.02 Å². The van der Waals surface area contributed by atoms with Crippen molar-refractivity contribution in [2.24, 2.45) is 56.6 Å². The molecular weight excluding hydrogens is 437 g/mol. The van der Waals surface area contributed by atoms with Gasteiger partial charge in [0, 0.05) is 5.92 Å². The highest BCUT2D eigenvalue weighted by molar-refractivity contribution is 6.31. The molecule has 1 aromatic rings. The number of carbonyl (C=O) groups is 1. The lowest BCUT2D eigenvalue weighted by Gasteiger charge is -2.61. The predicted octanol–water partition coefficient (Wildman–Crippen LogP) is 7.97. The number of halogens is 2. The van der Waals surface area contributed by atoms with E-state index in [1.807, 2.05) is 0 Å². The van der Waals surface area contributed by atoms with Crippen molar-refractivity contribution in [2.75, 3.05) is 5.73 Å². The molecule has 1 amide bonds. The molecule has 2 N–H and O–H groups in total. The van der Waals surface area contributed by atoms with Gasteiger partial charge in [0.15, 0.2) is 5.82 Å². The summed E-state index contributed by atoms with van der Waals surface area (Å²) in [6, 6.07) is 2.87. The van der Waals surface area contributed by atoms with Crippen LogP contribution in [-0.2, 0) is 4.79 Å². The summed E-state index contributed by atoms with van der Waals surface area (Å²) in [6.07, 6.45) is 11.0. The molecule has 0 aromatic heterocycles. The van der Waals surface area contributed by atoms with Gasteiger partial charge in [-0.3, -0.25) is 4.79 Å². The SMILES string of the molecule is C[C@H]1CC[C@@]2(C)C(CCC3C2CC[C@@]2(C)C3CC[C@@H]2C(=O)N=Nc2c(N)ccc(Cl)c2F)C1. The van der Waals surface area contributed by atoms with Crippen LogP contribution in [0.1, 0.15) is 78.6 Å². The number of hydrogen-bond acceptors (Lipinski definition) is 3. The van der Waals surface area contributed by atoms with Gasteiger partial charge in [0.2, 0.25) is 0 Å². The molecule has 0 saturated heterocycles. The van der Waals surface area contributed by atoms with Crippen LogP contribution >= 0.6 is 11.6 Å². The van der Waals surface area contributed by atoms with Crippen molar-refractivity contribution in [1.29, 1.82) is 0 Å². The first kappa shape index (κ1) is 23.3. The van der Waals surface area contributed by atoms with Gasteiger partial charge >= 0.3 is 0 Å². The van der Waals surface area contributed by atoms with Crippen LogP contribution in [0.4, 0.5) is 15.8 Å². The quantitative estimate of drug-likeness (QED) is 0.349. The predicted molar refractivity (Wildman–Crippen MR) is 130 cm³/mol. The fraction of sp³-hybridized carbons (Fsp3) is 0.741. The van der Waals surface area contributed by atoms with Gasteiger partial charge < -0.3 is 5.73 Å². The van der Waals surface area contributed by atoms with Crippen LogP contribution in [0.25, 0.3) is 0 Å². The third-order valence-electron chi connectivity index (χ3n) is 10.6. The molecule has 0 heterocycles. The summed E-state index contributed by atoms with van der Waals surface area (Å²) in [4.78, 5) is 13.2. The minimum Gasteiger partial charge on any atom is -0.397 e. The molecule has 4 unspecified atom stereocenters. The smallest absolute Gasteiger partial charge is 0.268 e. The highest BCUT2D eigenvalue weighted by Gasteiger charge is 2.61. The molecule has 4 nitrogen and oxygen atoms in total. The maximum absolute atomic E-state index is 14.3. The maximum atomic E-state index is 14.3. The fourth-order valence-corrected chi connectivity index (χ4v) is 8.86. The Kier molecular flexibility index (Phi) is 5.86. The Morgan fingerprint density at radius 2 is 1.79 bits per heavy atom. The molecule has 5 rings (SSSR count). The normalized spacial score (nSPS) is 42.6. The lowest BCUT2D eigenvalue weighted by molar-refractivity contribution is -0.136. The molecule has 4 aliphatic rings. The number of benzene rings is 1. The second-order valence-corrected chi connectivity index (χ2v) is 12.5. The zero-order chi connectivity index (χ0) is 23.5. The molecule has 0 bridgehead atoms. The Hall–Kier alpha value is -1.49. The number of fused-ring (bicyclic) bond motifs is 5. The highest BCUT2D eigenvalue weighted by atomic mass is 35.5. The molecule has 0 aliphatic heterocycles. The van der Waals surface area contributed by atoms with Gasteiger partial charge in [-0.05, 0) is 104 Å². The van der Waals surface area contributed by atoms with Crippen molar-refractivity contribution >= 4 is 28.9 Å². The number of rotatable bonds is 2. The van der Waals surface area contributed by atoms with Crippen LogP contribution in [-0.4, -0.2) is 5.91 Å². The molecule has 180 valence electrons. The first-order chi connectivity index (χ1) is 15.6. The minimum absolute atomic E-state index is 0.0408. The summed E-state index contributed by atoms with van der Waals surface area (Å²) in [5.74, 6) is 2.72. The van der Waals surface area contributed by atoms with Crippen molar-refractivity contribution < 1.29 is 9.18 Å². The zero-order valence-electron chi connectivity index (χ0n) is 20.1. The Labute approximate surface area is 201 Å². The summed E-state index contributed by atoms with van der Waals surface area (Å²) in [5.41, 5.74) is 6.27. The highest BCUT2D eigenvalue weighted by Crippen LogP contribution is 2.67. The number of nitrogens with two attached hydrogens (primary N) is 1. The van der Waals surface area contributed by atoms with Crippen LogP contribution < -0.4 is 5.73 Å². The molecule has 6 heteroatoms. The number of amides is 1. The van der Waals surface area contributed by atoms with Gasteiger partial charge in [0.05, 0.1) is 10.7 Å². The van der Waals surface area contributed by atoms with Crippen molar-refractivity contribution in [2.45, 2.75) is 78.6 Å². The summed E-state index contributed by atoms with van der Waals surface area (Å²) in [7, 11) is 0. The van der Waals surface area contributed by atoms with Crippen molar-refractivity contribution in [3.8, 4) is 0 Å². The van der Waals surface area contributed by atoms with Gasteiger partial charge in [-0.25, -0.2) is 4.39 Å². The monoisotopic (exact) mass is 473 g/mol. The Morgan fingerprint density at radius 1 is 1.06 bits per heavy atom. The van der Waals surface area contributed by atoms with Gasteiger partial charge in [-0.1, -0.05) is 38.8 Å². The number of nitrogens with zero attached hydrogens (tertiary/aromatic N) is 2. The van der Waals surface area contributed by atoms with Gasteiger partial charge in [-0.15, -0.1) is 10.2 Å². The van der Waals surface area contributed by atoms with E-state index >= 15 is 0 Å². The second-order valence-electron chi connectivity index (χ2n) is 12.0. The Morgan fingerprint density at radius 3 is 2.58 bits per heavy atom. The number of azo groups is 1. The van der Waals surface area contributed by atoms with E-state index in [1.54, 1.807) is 0 Å². The first-order valence-electron chi connectivity index (χ1n) is 12.8. The average Bonchev–Trinajstić information content (AvgIpc) is 3.14. The van der Waals surface area contributed by atoms with E-state index in [1.165, 1.54) is 50.7 Å². The number of anilines is 1. The summed E-state index contributed by atoms with van der Waals surface area (Å²) >= 11 is 5.86. The third-order valence-corrected chi connectivity index (χ3v) is 10.9. The molecule has 0 radical (unpaired) electrons. The van der Waals surface area contributed by atoms with Crippen molar-refractivity contribution in [1.82, 2.24) is 0 Å². The molecule has 8 atom stereocenters. The topological polar surface area (TPSA) is 67.8 Å². The van der Waals surface area contributed by atoms with Crippen LogP contribution in [0.5, 0.6) is 0 Å². The molecule has 4 fully saturated rings. The van der Waals surface area contributed by atoms with Crippen molar-refractivity contribution in [3.63, 3.8) is 0 Å². The average molecular weight is 474 g/mol. The number of hydrogen-bond donors (Lipinski definition) is 1. The van der Waals surface area contributed by atoms with E-state index < -0.39 is 5.82 Å². The van der Waals surface area contributed by atoms with Gasteiger partial charge in [0.1, 0.15) is 5.69 Å². The van der Waals surface area contributed by atoms with Gasteiger partial charge in [-0.2, -0.15) is 0 Å². The lowest BCUT2D eigenvalue weighted by atomic mass is 9.44. The second kappa shape index (κ2) is 8.32. The van der Waals surface area contributed by atoms with E-state index in [0.717, 1.165) is 37.0 Å². The van der Waals surface area contributed by atoms with E-state index in [0.29, 0.717) is 17.3 Å². The molecule has 33 heavy (non-hydrogen) atoms. The number of nitrogen functional groups attached to an aromatic ring is 1. The minimum atomic E-state index is -0.726. The van der Waals surface area contributed by atoms with Crippen LogP contribution in [0.15, 0.2) is 22.4 Å².